The molecule has 0 spiro atoms. The van der Waals surface area contributed by atoms with Gasteiger partial charge in [0.05, 0.1) is 17.9 Å². The van der Waals surface area contributed by atoms with Crippen LogP contribution in [0.4, 0.5) is 18.9 Å². The van der Waals surface area contributed by atoms with E-state index >= 15 is 0 Å². The zero-order valence-electron chi connectivity index (χ0n) is 15.1. The Labute approximate surface area is 163 Å². The number of alkyl halides is 3. The number of thiophene rings is 1. The third-order valence-corrected chi connectivity index (χ3v) is 4.38. The standard InChI is InChI=1S/C18H18F3NO5S/c1-11-3-6-15(28-11)17(24)27-10-16(23)22-13-9-12(18(19,20)21)4-5-14(13)26-8-7-25-2/h3-6,9H,7-8,10H2,1-2H3,(H,22,23). The van der Waals surface area contributed by atoms with Crippen LogP contribution in [0.3, 0.4) is 0 Å². The van der Waals surface area contributed by atoms with Crippen molar-refractivity contribution < 1.29 is 37.0 Å². The van der Waals surface area contributed by atoms with Crippen LogP contribution in [0.1, 0.15) is 20.1 Å². The average Bonchev–Trinajstić information content (AvgIpc) is 3.06. The van der Waals surface area contributed by atoms with Crippen molar-refractivity contribution in [1.29, 1.82) is 0 Å². The quantitative estimate of drug-likeness (QED) is 0.521. The van der Waals surface area contributed by atoms with Crippen LogP contribution >= 0.6 is 11.3 Å². The van der Waals surface area contributed by atoms with Crippen LogP contribution in [-0.2, 0) is 20.4 Å². The van der Waals surface area contributed by atoms with Gasteiger partial charge in [-0.05, 0) is 37.3 Å². The Morgan fingerprint density at radius 1 is 1.14 bits per heavy atom. The van der Waals surface area contributed by atoms with Crippen LogP contribution < -0.4 is 10.1 Å². The number of benzene rings is 1. The van der Waals surface area contributed by atoms with Crippen molar-refractivity contribution in [3.05, 3.63) is 45.6 Å². The van der Waals surface area contributed by atoms with Gasteiger partial charge in [0.15, 0.2) is 6.61 Å². The molecule has 1 aromatic carbocycles. The second kappa shape index (κ2) is 9.56. The molecule has 0 aliphatic rings. The first kappa shape index (κ1) is 21.7. The third-order valence-electron chi connectivity index (χ3n) is 3.40. The summed E-state index contributed by atoms with van der Waals surface area (Å²) in [5.74, 6) is -1.44. The Bertz CT molecular complexity index is 835. The molecule has 10 heteroatoms. The largest absolute Gasteiger partial charge is 0.489 e. The summed E-state index contributed by atoms with van der Waals surface area (Å²) in [6, 6.07) is 6.00. The number of esters is 1. The van der Waals surface area contributed by atoms with Crippen molar-refractivity contribution >= 4 is 28.9 Å². The molecule has 1 heterocycles. The Kier molecular flexibility index (Phi) is 7.41. The number of ether oxygens (including phenoxy) is 3. The zero-order valence-corrected chi connectivity index (χ0v) is 15.9. The van der Waals surface area contributed by atoms with Crippen LogP contribution in [-0.4, -0.2) is 38.8 Å². The maximum atomic E-state index is 12.9. The van der Waals surface area contributed by atoms with Gasteiger partial charge >= 0.3 is 12.1 Å². The molecule has 0 fully saturated rings. The van der Waals surface area contributed by atoms with Crippen molar-refractivity contribution in [2.75, 3.05) is 32.2 Å². The van der Waals surface area contributed by atoms with Gasteiger partial charge < -0.3 is 19.5 Å². The number of halogens is 3. The first-order valence-corrected chi connectivity index (χ1v) is 8.88. The number of anilines is 1. The van der Waals surface area contributed by atoms with Crippen LogP contribution in [0.15, 0.2) is 30.3 Å². The highest BCUT2D eigenvalue weighted by Crippen LogP contribution is 2.35. The average molecular weight is 417 g/mol. The van der Waals surface area contributed by atoms with Gasteiger partial charge in [-0.2, -0.15) is 13.2 Å². The first-order valence-electron chi connectivity index (χ1n) is 8.07. The van der Waals surface area contributed by atoms with Gasteiger partial charge in [-0.1, -0.05) is 0 Å². The van der Waals surface area contributed by atoms with Crippen LogP contribution in [0.25, 0.3) is 0 Å². The smallest absolute Gasteiger partial charge is 0.416 e. The number of carbonyl (C=O) groups excluding carboxylic acids is 2. The molecule has 0 saturated carbocycles. The fraction of sp³-hybridized carbons (Fsp3) is 0.333. The summed E-state index contributed by atoms with van der Waals surface area (Å²) < 4.78 is 53.9. The summed E-state index contributed by atoms with van der Waals surface area (Å²) >= 11 is 1.21. The molecular formula is C18H18F3NO5S. The minimum atomic E-state index is -4.59. The minimum Gasteiger partial charge on any atom is -0.489 e. The highest BCUT2D eigenvalue weighted by Gasteiger charge is 2.31. The fourth-order valence-corrected chi connectivity index (χ4v) is 2.86. The molecule has 28 heavy (non-hydrogen) atoms. The number of rotatable bonds is 8. The molecule has 0 bridgehead atoms. The Hall–Kier alpha value is -2.59. The maximum Gasteiger partial charge on any atom is 0.416 e. The lowest BCUT2D eigenvalue weighted by Gasteiger charge is -2.15. The molecule has 0 aliphatic carbocycles. The number of aryl methyl sites for hydroxylation is 1. The number of hydrogen-bond donors (Lipinski definition) is 1. The Balaban J connectivity index is 2.06. The van der Waals surface area contributed by atoms with E-state index in [0.29, 0.717) is 4.88 Å². The summed E-state index contributed by atoms with van der Waals surface area (Å²) in [4.78, 5) is 25.1. The van der Waals surface area contributed by atoms with Crippen molar-refractivity contribution in [3.63, 3.8) is 0 Å². The number of amides is 1. The van der Waals surface area contributed by atoms with Gasteiger partial charge in [-0.25, -0.2) is 4.79 Å². The van der Waals surface area contributed by atoms with E-state index in [1.54, 1.807) is 12.1 Å². The topological polar surface area (TPSA) is 73.9 Å². The molecule has 0 saturated heterocycles. The van der Waals surface area contributed by atoms with E-state index < -0.39 is 30.2 Å². The van der Waals surface area contributed by atoms with Crippen molar-refractivity contribution in [2.45, 2.75) is 13.1 Å². The SMILES string of the molecule is COCCOc1ccc(C(F)(F)F)cc1NC(=O)COC(=O)c1ccc(C)s1. The Morgan fingerprint density at radius 3 is 2.50 bits per heavy atom. The number of nitrogens with one attached hydrogen (secondary N) is 1. The van der Waals surface area contributed by atoms with E-state index in [4.69, 9.17) is 14.2 Å². The molecule has 1 N–H and O–H groups in total. The van der Waals surface area contributed by atoms with Gasteiger partial charge in [0, 0.05) is 12.0 Å². The minimum absolute atomic E-state index is 0.0404. The van der Waals surface area contributed by atoms with Crippen molar-refractivity contribution in [3.8, 4) is 5.75 Å². The molecular weight excluding hydrogens is 399 g/mol. The summed E-state index contributed by atoms with van der Waals surface area (Å²) in [5, 5.41) is 2.28. The molecule has 1 amide bonds. The second-order valence-electron chi connectivity index (χ2n) is 5.58. The molecule has 0 atom stereocenters. The maximum absolute atomic E-state index is 12.9. The van der Waals surface area contributed by atoms with E-state index in [9.17, 15) is 22.8 Å². The van der Waals surface area contributed by atoms with E-state index in [-0.39, 0.29) is 24.7 Å². The highest BCUT2D eigenvalue weighted by atomic mass is 32.1. The van der Waals surface area contributed by atoms with Crippen molar-refractivity contribution in [1.82, 2.24) is 0 Å². The predicted octanol–water partition coefficient (Wildman–Crippen LogP) is 3.90. The number of carbonyl (C=O) groups is 2. The van der Waals surface area contributed by atoms with Gasteiger partial charge in [0.2, 0.25) is 0 Å². The number of methoxy groups -OCH3 is 1. The lowest BCUT2D eigenvalue weighted by molar-refractivity contribution is -0.137. The molecule has 0 radical (unpaired) electrons. The summed E-state index contributed by atoms with van der Waals surface area (Å²) in [5.41, 5.74) is -1.13. The first-order chi connectivity index (χ1) is 13.2. The molecule has 0 aliphatic heterocycles. The van der Waals surface area contributed by atoms with Crippen molar-refractivity contribution in [2.24, 2.45) is 0 Å². The summed E-state index contributed by atoms with van der Waals surface area (Å²) in [6.07, 6.45) is -4.59. The molecule has 6 nitrogen and oxygen atoms in total. The van der Waals surface area contributed by atoms with E-state index in [1.165, 1.54) is 18.4 Å². The Morgan fingerprint density at radius 2 is 1.89 bits per heavy atom. The lowest BCUT2D eigenvalue weighted by Crippen LogP contribution is -2.21. The lowest BCUT2D eigenvalue weighted by atomic mass is 10.1. The van der Waals surface area contributed by atoms with E-state index in [2.05, 4.69) is 5.32 Å². The molecule has 2 aromatic rings. The van der Waals surface area contributed by atoms with E-state index in [0.717, 1.165) is 23.1 Å². The summed E-state index contributed by atoms with van der Waals surface area (Å²) in [6.45, 7) is 1.46. The van der Waals surface area contributed by atoms with Gasteiger partial charge in [-0.15, -0.1) is 11.3 Å². The van der Waals surface area contributed by atoms with Crippen LogP contribution in [0.5, 0.6) is 5.75 Å². The normalized spacial score (nSPS) is 11.2. The molecule has 152 valence electrons. The third kappa shape index (κ3) is 6.24. The molecule has 2 rings (SSSR count). The monoisotopic (exact) mass is 417 g/mol. The van der Waals surface area contributed by atoms with Crippen LogP contribution in [0, 0.1) is 6.92 Å². The van der Waals surface area contributed by atoms with Gasteiger partial charge in [-0.3, -0.25) is 4.79 Å². The molecule has 0 unspecified atom stereocenters. The molecule has 1 aromatic heterocycles. The second-order valence-corrected chi connectivity index (χ2v) is 6.87. The van der Waals surface area contributed by atoms with Gasteiger partial charge in [0.1, 0.15) is 17.2 Å². The predicted molar refractivity (Wildman–Crippen MR) is 96.8 cm³/mol. The van der Waals surface area contributed by atoms with Crippen LogP contribution in [0.2, 0.25) is 0 Å². The zero-order chi connectivity index (χ0) is 20.7. The fourth-order valence-electron chi connectivity index (χ4n) is 2.10. The summed E-state index contributed by atoms with van der Waals surface area (Å²) in [7, 11) is 1.45. The highest BCUT2D eigenvalue weighted by molar-refractivity contribution is 7.13. The van der Waals surface area contributed by atoms with E-state index in [1.807, 2.05) is 6.92 Å². The van der Waals surface area contributed by atoms with Gasteiger partial charge in [0.25, 0.3) is 5.91 Å². The number of hydrogen-bond acceptors (Lipinski definition) is 6.